The van der Waals surface area contributed by atoms with Crippen LogP contribution >= 0.6 is 23.4 Å². The van der Waals surface area contributed by atoms with Crippen LogP contribution in [-0.2, 0) is 16.1 Å². The number of amides is 2. The first-order chi connectivity index (χ1) is 14.8. The molecule has 7 nitrogen and oxygen atoms in total. The monoisotopic (exact) mass is 464 g/mol. The molecule has 0 fully saturated rings. The number of ether oxygens (including phenoxy) is 1. The van der Waals surface area contributed by atoms with Crippen molar-refractivity contribution in [2.45, 2.75) is 17.5 Å². The number of nitrogens with one attached hydrogen (secondary N) is 1. The van der Waals surface area contributed by atoms with Crippen molar-refractivity contribution in [3.05, 3.63) is 71.0 Å². The van der Waals surface area contributed by atoms with Crippen LogP contribution in [-0.4, -0.2) is 41.5 Å². The molecule has 0 saturated heterocycles. The summed E-state index contributed by atoms with van der Waals surface area (Å²) >= 11 is 7.06. The minimum atomic E-state index is -1.45. The molecule has 0 unspecified atom stereocenters. The minimum absolute atomic E-state index is 0.0260. The van der Waals surface area contributed by atoms with Gasteiger partial charge in [0.05, 0.1) is 17.8 Å². The molecule has 2 amide bonds. The lowest BCUT2D eigenvalue weighted by atomic mass is 10.1. The normalized spacial score (nSPS) is 15.6. The molecule has 0 aliphatic carbocycles. The summed E-state index contributed by atoms with van der Waals surface area (Å²) in [5, 5.41) is 12.3. The summed E-state index contributed by atoms with van der Waals surface area (Å²) in [4.78, 5) is 38.4. The number of fused-ring (bicyclic) bond motifs is 1. The molecular formula is C21H18ClFN2O5S. The number of thioether (sulfide) groups is 1. The first-order valence-electron chi connectivity index (χ1n) is 9.09. The maximum atomic E-state index is 14.3. The Labute approximate surface area is 186 Å². The molecule has 1 aliphatic rings. The highest BCUT2D eigenvalue weighted by atomic mass is 35.5. The Hall–Kier alpha value is -3.04. The van der Waals surface area contributed by atoms with Crippen molar-refractivity contribution < 1.29 is 28.6 Å². The van der Waals surface area contributed by atoms with Gasteiger partial charge in [-0.25, -0.2) is 14.0 Å². The number of carbonyl (C=O) groups is 3. The van der Waals surface area contributed by atoms with Crippen molar-refractivity contribution in [1.82, 2.24) is 5.32 Å². The molecule has 2 N–H and O–H groups in total. The Kier molecular flexibility index (Phi) is 7.19. The van der Waals surface area contributed by atoms with Crippen molar-refractivity contribution >= 4 is 47.0 Å². The highest BCUT2D eigenvalue weighted by molar-refractivity contribution is 7.99. The number of hydrogen-bond donors (Lipinski definition) is 2. The standard InChI is InChI=1S/C21H18ClFN2O5S/c1-2-7-30-21(29)24-16-11-31-18-9-15(23)14(20(27)28)8-17(18)25(19(16)26)10-12-3-5-13(22)6-4-12/h2-6,8-9,16H,1,7,10-11H2,(H,24,29)(H,27,28)/t16-/m0/s1. The van der Waals surface area contributed by atoms with Crippen molar-refractivity contribution in [2.75, 3.05) is 17.3 Å². The van der Waals surface area contributed by atoms with E-state index in [1.807, 2.05) is 0 Å². The van der Waals surface area contributed by atoms with Crippen LogP contribution < -0.4 is 10.2 Å². The number of carbonyl (C=O) groups excluding carboxylic acids is 2. The lowest BCUT2D eigenvalue weighted by Gasteiger charge is -2.26. The lowest BCUT2D eigenvalue weighted by molar-refractivity contribution is -0.120. The van der Waals surface area contributed by atoms with Crippen LogP contribution in [0.15, 0.2) is 53.9 Å². The van der Waals surface area contributed by atoms with Crippen molar-refractivity contribution in [2.24, 2.45) is 0 Å². The number of hydrogen-bond acceptors (Lipinski definition) is 5. The number of carboxylic acids is 1. The quantitative estimate of drug-likeness (QED) is 0.625. The number of carboxylic acid groups (broad SMARTS) is 1. The summed E-state index contributed by atoms with van der Waals surface area (Å²) in [6, 6.07) is 8.00. The zero-order valence-electron chi connectivity index (χ0n) is 16.1. The number of halogens is 2. The third kappa shape index (κ3) is 5.36. The van der Waals surface area contributed by atoms with E-state index in [4.69, 9.17) is 16.3 Å². The smallest absolute Gasteiger partial charge is 0.408 e. The highest BCUT2D eigenvalue weighted by Gasteiger charge is 2.33. The van der Waals surface area contributed by atoms with E-state index in [9.17, 15) is 23.9 Å². The fraction of sp³-hybridized carbons (Fsp3) is 0.190. The summed E-state index contributed by atoms with van der Waals surface area (Å²) in [5.74, 6) is -2.73. The molecule has 0 radical (unpaired) electrons. The van der Waals surface area contributed by atoms with Gasteiger partial charge in [0, 0.05) is 15.7 Å². The van der Waals surface area contributed by atoms with Crippen LogP contribution in [0, 0.1) is 5.82 Å². The number of nitrogens with zero attached hydrogens (tertiary/aromatic N) is 1. The molecule has 3 rings (SSSR count). The van der Waals surface area contributed by atoms with Crippen LogP contribution in [0.25, 0.3) is 0 Å². The Balaban J connectivity index is 2.00. The van der Waals surface area contributed by atoms with Gasteiger partial charge in [-0.05, 0) is 29.8 Å². The summed E-state index contributed by atoms with van der Waals surface area (Å²) in [5.41, 5.74) is 0.405. The zero-order valence-corrected chi connectivity index (χ0v) is 17.7. The first kappa shape index (κ1) is 22.6. The van der Waals surface area contributed by atoms with Crippen LogP contribution in [0.4, 0.5) is 14.9 Å². The molecule has 2 aromatic carbocycles. The Morgan fingerprint density at radius 3 is 2.71 bits per heavy atom. The van der Waals surface area contributed by atoms with Crippen LogP contribution in [0.2, 0.25) is 5.02 Å². The van der Waals surface area contributed by atoms with Crippen molar-refractivity contribution in [3.8, 4) is 0 Å². The second kappa shape index (κ2) is 9.84. The van der Waals surface area contributed by atoms with E-state index in [1.54, 1.807) is 24.3 Å². The minimum Gasteiger partial charge on any atom is -0.478 e. The zero-order chi connectivity index (χ0) is 22.5. The summed E-state index contributed by atoms with van der Waals surface area (Å²) in [6.45, 7) is 3.49. The van der Waals surface area contributed by atoms with E-state index in [0.29, 0.717) is 15.5 Å². The SMILES string of the molecule is C=CCOC(=O)N[C@H]1CSc2cc(F)c(C(=O)O)cc2N(Cc2ccc(Cl)cc2)C1=O. The van der Waals surface area contributed by atoms with E-state index in [1.165, 1.54) is 11.0 Å². The topological polar surface area (TPSA) is 95.9 Å². The largest absolute Gasteiger partial charge is 0.478 e. The maximum Gasteiger partial charge on any atom is 0.408 e. The fourth-order valence-corrected chi connectivity index (χ4v) is 4.14. The predicted molar refractivity (Wildman–Crippen MR) is 115 cm³/mol. The number of benzene rings is 2. The number of alkyl carbamates (subject to hydrolysis) is 1. The molecule has 0 bridgehead atoms. The van der Waals surface area contributed by atoms with E-state index in [0.717, 1.165) is 23.9 Å². The third-order valence-corrected chi connectivity index (χ3v) is 5.81. The number of anilines is 1. The van der Waals surface area contributed by atoms with E-state index < -0.39 is 35.4 Å². The molecule has 10 heteroatoms. The van der Waals surface area contributed by atoms with Crippen LogP contribution in [0.3, 0.4) is 0 Å². The van der Waals surface area contributed by atoms with Gasteiger partial charge in [-0.15, -0.1) is 11.8 Å². The molecule has 0 aromatic heterocycles. The van der Waals surface area contributed by atoms with Gasteiger partial charge in [0.25, 0.3) is 5.91 Å². The molecule has 0 spiro atoms. The molecule has 0 saturated carbocycles. The molecule has 31 heavy (non-hydrogen) atoms. The molecule has 162 valence electrons. The van der Waals surface area contributed by atoms with Crippen LogP contribution in [0.5, 0.6) is 0 Å². The highest BCUT2D eigenvalue weighted by Crippen LogP contribution is 2.37. The summed E-state index contributed by atoms with van der Waals surface area (Å²) in [6.07, 6.45) is 0.593. The summed E-state index contributed by atoms with van der Waals surface area (Å²) < 4.78 is 19.2. The molecular weight excluding hydrogens is 447 g/mol. The molecule has 1 aliphatic heterocycles. The van der Waals surface area contributed by atoms with Gasteiger partial charge in [-0.3, -0.25) is 4.79 Å². The second-order valence-electron chi connectivity index (χ2n) is 6.55. The molecule has 2 aromatic rings. The van der Waals surface area contributed by atoms with Gasteiger partial charge >= 0.3 is 12.1 Å². The summed E-state index contributed by atoms with van der Waals surface area (Å²) in [7, 11) is 0. The van der Waals surface area contributed by atoms with E-state index in [-0.39, 0.29) is 24.6 Å². The van der Waals surface area contributed by atoms with Gasteiger partial charge < -0.3 is 20.1 Å². The average molecular weight is 465 g/mol. The lowest BCUT2D eigenvalue weighted by Crippen LogP contribution is -2.49. The second-order valence-corrected chi connectivity index (χ2v) is 8.05. The Morgan fingerprint density at radius 2 is 2.06 bits per heavy atom. The maximum absolute atomic E-state index is 14.3. The fourth-order valence-electron chi connectivity index (χ4n) is 2.94. The van der Waals surface area contributed by atoms with Crippen molar-refractivity contribution in [3.63, 3.8) is 0 Å². The van der Waals surface area contributed by atoms with Gasteiger partial charge in [0.2, 0.25) is 0 Å². The van der Waals surface area contributed by atoms with Gasteiger partial charge in [0.15, 0.2) is 0 Å². The average Bonchev–Trinajstić information content (AvgIpc) is 2.85. The van der Waals surface area contributed by atoms with Gasteiger partial charge in [-0.1, -0.05) is 36.4 Å². The van der Waals surface area contributed by atoms with E-state index in [2.05, 4.69) is 11.9 Å². The van der Waals surface area contributed by atoms with Gasteiger partial charge in [0.1, 0.15) is 18.5 Å². The third-order valence-electron chi connectivity index (χ3n) is 4.42. The number of aromatic carboxylic acids is 1. The van der Waals surface area contributed by atoms with Crippen LogP contribution in [0.1, 0.15) is 15.9 Å². The van der Waals surface area contributed by atoms with Gasteiger partial charge in [-0.2, -0.15) is 0 Å². The molecule has 1 atom stereocenters. The molecule has 1 heterocycles. The first-order valence-corrected chi connectivity index (χ1v) is 10.5. The Bertz CT molecular complexity index is 1030. The predicted octanol–water partition coefficient (Wildman–Crippen LogP) is 4.10. The van der Waals surface area contributed by atoms with Crippen molar-refractivity contribution in [1.29, 1.82) is 0 Å². The Morgan fingerprint density at radius 1 is 1.35 bits per heavy atom. The number of rotatable bonds is 6. The van der Waals surface area contributed by atoms with E-state index >= 15 is 0 Å².